The average Bonchev–Trinajstić information content (AvgIpc) is 2.27. The Balaban J connectivity index is 2.82. The summed E-state index contributed by atoms with van der Waals surface area (Å²) in [7, 11) is 1.67. The Hall–Kier alpha value is -1.57. The van der Waals surface area contributed by atoms with Gasteiger partial charge in [-0.25, -0.2) is 4.98 Å². The van der Waals surface area contributed by atoms with Gasteiger partial charge < -0.3 is 4.74 Å². The molecule has 0 amide bonds. The Bertz CT molecular complexity index is 491. The molecule has 0 N–H and O–H groups in total. The number of aryl methyl sites for hydroxylation is 2. The number of methoxy groups -OCH3 is 1. The van der Waals surface area contributed by atoms with Gasteiger partial charge in [0, 0.05) is 11.1 Å². The molecule has 0 bridgehead atoms. The number of nitrogens with zero attached hydrogens (tertiary/aromatic N) is 1. The van der Waals surface area contributed by atoms with Crippen LogP contribution in [0.3, 0.4) is 0 Å². The van der Waals surface area contributed by atoms with E-state index < -0.39 is 0 Å². The molecule has 0 saturated heterocycles. The third-order valence-corrected chi connectivity index (χ3v) is 2.63. The Morgan fingerprint density at radius 2 is 2.07 bits per heavy atom. The van der Waals surface area contributed by atoms with Crippen molar-refractivity contribution in [2.24, 2.45) is 0 Å². The van der Waals surface area contributed by atoms with Gasteiger partial charge >= 0.3 is 0 Å². The quantitative estimate of drug-likeness (QED) is 0.744. The molecule has 78 valence electrons. The van der Waals surface area contributed by atoms with Crippen LogP contribution in [0.5, 0.6) is 5.88 Å². The molecule has 0 spiro atoms. The molecule has 0 atom stereocenters. The fourth-order valence-corrected chi connectivity index (χ4v) is 1.90. The van der Waals surface area contributed by atoms with Crippen LogP contribution in [0.25, 0.3) is 10.8 Å². The van der Waals surface area contributed by atoms with Crippen molar-refractivity contribution in [1.29, 1.82) is 0 Å². The van der Waals surface area contributed by atoms with Crippen LogP contribution in [0.1, 0.15) is 18.2 Å². The SMILES string of the molecule is CCc1cccc2c(OC)nc(C)cc12. The van der Waals surface area contributed by atoms with Gasteiger partial charge in [0.05, 0.1) is 7.11 Å². The van der Waals surface area contributed by atoms with Gasteiger partial charge in [0.1, 0.15) is 0 Å². The largest absolute Gasteiger partial charge is 0.481 e. The standard InChI is InChI=1S/C13H15NO/c1-4-10-6-5-7-11-12(10)8-9(2)14-13(11)15-3/h5-8H,4H2,1-3H3. The second kappa shape index (κ2) is 3.89. The second-order valence-electron chi connectivity index (χ2n) is 3.64. The molecule has 0 unspecified atom stereocenters. The van der Waals surface area contributed by atoms with Gasteiger partial charge in [0.25, 0.3) is 0 Å². The van der Waals surface area contributed by atoms with Crippen molar-refractivity contribution in [2.75, 3.05) is 7.11 Å². The van der Waals surface area contributed by atoms with Crippen molar-refractivity contribution < 1.29 is 4.74 Å². The number of rotatable bonds is 2. The highest BCUT2D eigenvalue weighted by Gasteiger charge is 2.06. The lowest BCUT2D eigenvalue weighted by Crippen LogP contribution is -1.93. The van der Waals surface area contributed by atoms with Crippen molar-refractivity contribution in [3.8, 4) is 5.88 Å². The highest BCUT2D eigenvalue weighted by Crippen LogP contribution is 2.27. The van der Waals surface area contributed by atoms with E-state index in [4.69, 9.17) is 4.74 Å². The summed E-state index contributed by atoms with van der Waals surface area (Å²) in [5.74, 6) is 0.723. The molecule has 0 aliphatic heterocycles. The molecular formula is C13H15NO. The van der Waals surface area contributed by atoms with Gasteiger partial charge in [-0.05, 0) is 36.4 Å². The molecule has 0 fully saturated rings. The summed E-state index contributed by atoms with van der Waals surface area (Å²) >= 11 is 0. The molecule has 1 aromatic heterocycles. The van der Waals surface area contributed by atoms with Crippen LogP contribution >= 0.6 is 0 Å². The lowest BCUT2D eigenvalue weighted by Gasteiger charge is -2.08. The first-order valence-corrected chi connectivity index (χ1v) is 5.19. The predicted molar refractivity (Wildman–Crippen MR) is 62.4 cm³/mol. The fraction of sp³-hybridized carbons (Fsp3) is 0.308. The molecule has 0 aliphatic rings. The minimum absolute atomic E-state index is 0.723. The normalized spacial score (nSPS) is 10.6. The number of hydrogen-bond acceptors (Lipinski definition) is 2. The van der Waals surface area contributed by atoms with Gasteiger partial charge in [0.2, 0.25) is 5.88 Å². The zero-order valence-electron chi connectivity index (χ0n) is 9.37. The summed E-state index contributed by atoms with van der Waals surface area (Å²) in [6, 6.07) is 8.39. The Kier molecular flexibility index (Phi) is 2.58. The molecular weight excluding hydrogens is 186 g/mol. The summed E-state index contributed by atoms with van der Waals surface area (Å²) < 4.78 is 5.30. The van der Waals surface area contributed by atoms with E-state index in [1.807, 2.05) is 6.92 Å². The maximum atomic E-state index is 5.30. The summed E-state index contributed by atoms with van der Waals surface area (Å²) in [4.78, 5) is 4.37. The van der Waals surface area contributed by atoms with Crippen molar-refractivity contribution in [3.05, 3.63) is 35.5 Å². The molecule has 2 heteroatoms. The Morgan fingerprint density at radius 1 is 1.27 bits per heavy atom. The van der Waals surface area contributed by atoms with E-state index in [9.17, 15) is 0 Å². The van der Waals surface area contributed by atoms with Crippen LogP contribution in [-0.2, 0) is 6.42 Å². The molecule has 15 heavy (non-hydrogen) atoms. The summed E-state index contributed by atoms with van der Waals surface area (Å²) in [5.41, 5.74) is 2.34. The van der Waals surface area contributed by atoms with Crippen LogP contribution in [0.4, 0.5) is 0 Å². The summed E-state index contributed by atoms with van der Waals surface area (Å²) in [6.07, 6.45) is 1.03. The fourth-order valence-electron chi connectivity index (χ4n) is 1.90. The van der Waals surface area contributed by atoms with E-state index in [2.05, 4.69) is 36.2 Å². The molecule has 0 radical (unpaired) electrons. The van der Waals surface area contributed by atoms with Crippen molar-refractivity contribution in [1.82, 2.24) is 4.98 Å². The molecule has 1 aromatic carbocycles. The molecule has 2 rings (SSSR count). The van der Waals surface area contributed by atoms with Gasteiger partial charge in [-0.1, -0.05) is 19.1 Å². The first kappa shape index (κ1) is 9.97. The predicted octanol–water partition coefficient (Wildman–Crippen LogP) is 3.11. The number of hydrogen-bond donors (Lipinski definition) is 0. The highest BCUT2D eigenvalue weighted by molar-refractivity contribution is 5.90. The minimum atomic E-state index is 0.723. The lowest BCUT2D eigenvalue weighted by atomic mass is 10.0. The number of fused-ring (bicyclic) bond motifs is 1. The number of benzene rings is 1. The van der Waals surface area contributed by atoms with Crippen LogP contribution in [0.2, 0.25) is 0 Å². The number of pyridine rings is 1. The van der Waals surface area contributed by atoms with Gasteiger partial charge in [0.15, 0.2) is 0 Å². The average molecular weight is 201 g/mol. The van der Waals surface area contributed by atoms with Crippen LogP contribution in [-0.4, -0.2) is 12.1 Å². The monoisotopic (exact) mass is 201 g/mol. The van der Waals surface area contributed by atoms with Crippen LogP contribution < -0.4 is 4.74 Å². The van der Waals surface area contributed by atoms with Crippen molar-refractivity contribution >= 4 is 10.8 Å². The first-order chi connectivity index (χ1) is 7.26. The van der Waals surface area contributed by atoms with Crippen molar-refractivity contribution in [3.63, 3.8) is 0 Å². The topological polar surface area (TPSA) is 22.1 Å². The zero-order valence-corrected chi connectivity index (χ0v) is 9.37. The highest BCUT2D eigenvalue weighted by atomic mass is 16.5. The molecule has 2 nitrogen and oxygen atoms in total. The lowest BCUT2D eigenvalue weighted by molar-refractivity contribution is 0.402. The molecule has 0 saturated carbocycles. The van der Waals surface area contributed by atoms with E-state index >= 15 is 0 Å². The van der Waals surface area contributed by atoms with Crippen LogP contribution in [0, 0.1) is 6.92 Å². The van der Waals surface area contributed by atoms with Crippen molar-refractivity contribution in [2.45, 2.75) is 20.3 Å². The van der Waals surface area contributed by atoms with E-state index in [0.717, 1.165) is 23.4 Å². The second-order valence-corrected chi connectivity index (χ2v) is 3.64. The maximum Gasteiger partial charge on any atom is 0.221 e. The number of aromatic nitrogens is 1. The van der Waals surface area contributed by atoms with Crippen LogP contribution in [0.15, 0.2) is 24.3 Å². The molecule has 2 aromatic rings. The minimum Gasteiger partial charge on any atom is -0.481 e. The molecule has 1 heterocycles. The summed E-state index contributed by atoms with van der Waals surface area (Å²) in [6.45, 7) is 4.16. The third kappa shape index (κ3) is 1.67. The van der Waals surface area contributed by atoms with Gasteiger partial charge in [-0.2, -0.15) is 0 Å². The maximum absolute atomic E-state index is 5.30. The number of ether oxygens (including phenoxy) is 1. The zero-order chi connectivity index (χ0) is 10.8. The first-order valence-electron chi connectivity index (χ1n) is 5.19. The van der Waals surface area contributed by atoms with E-state index in [1.54, 1.807) is 7.11 Å². The summed E-state index contributed by atoms with van der Waals surface area (Å²) in [5, 5.41) is 2.35. The molecule has 0 aliphatic carbocycles. The smallest absolute Gasteiger partial charge is 0.221 e. The van der Waals surface area contributed by atoms with Gasteiger partial charge in [-0.15, -0.1) is 0 Å². The Morgan fingerprint density at radius 3 is 2.73 bits per heavy atom. The van der Waals surface area contributed by atoms with Gasteiger partial charge in [-0.3, -0.25) is 0 Å². The van der Waals surface area contributed by atoms with E-state index in [0.29, 0.717) is 0 Å². The van der Waals surface area contributed by atoms with E-state index in [1.165, 1.54) is 10.9 Å². The Labute approximate surface area is 89.9 Å². The third-order valence-electron chi connectivity index (χ3n) is 2.63. The van der Waals surface area contributed by atoms with E-state index in [-0.39, 0.29) is 0 Å².